The minimum Gasteiger partial charge on any atom is -0.489 e. The predicted octanol–water partition coefficient (Wildman–Crippen LogP) is 2.15. The Labute approximate surface area is 233 Å². The van der Waals surface area contributed by atoms with Crippen LogP contribution in [0.25, 0.3) is 6.08 Å². The molecular weight excluding hydrogens is 536 g/mol. The highest BCUT2D eigenvalue weighted by Gasteiger charge is 2.29. The Kier molecular flexibility index (Phi) is 9.53. The Bertz CT molecular complexity index is 1450. The molecule has 0 aromatic heterocycles. The number of likely N-dealkylation sites (tertiary alicyclic amines) is 1. The number of nitrogens with one attached hydrogen (secondary N) is 2. The van der Waals surface area contributed by atoms with Crippen LogP contribution in [-0.4, -0.2) is 73.5 Å². The molecule has 13 heteroatoms. The highest BCUT2D eigenvalue weighted by atomic mass is 32.2. The van der Waals surface area contributed by atoms with E-state index in [1.165, 1.54) is 18.2 Å². The topological polar surface area (TPSA) is 204 Å². The van der Waals surface area contributed by atoms with Gasteiger partial charge in [0.25, 0.3) is 5.91 Å². The number of piperidine rings is 1. The number of amides is 1. The molecule has 1 saturated heterocycles. The highest BCUT2D eigenvalue weighted by molar-refractivity contribution is 7.93. The van der Waals surface area contributed by atoms with Crippen molar-refractivity contribution in [3.63, 3.8) is 0 Å². The van der Waals surface area contributed by atoms with E-state index in [0.717, 1.165) is 4.31 Å². The number of hydrogen-bond donors (Lipinski definition) is 5. The molecule has 7 N–H and O–H groups in total. The van der Waals surface area contributed by atoms with Crippen molar-refractivity contribution in [2.75, 3.05) is 29.7 Å². The Hall–Kier alpha value is -4.39. The molecule has 1 heterocycles. The molecule has 0 atom stereocenters. The number of hydrogen-bond acceptors (Lipinski definition) is 7. The van der Waals surface area contributed by atoms with Crippen molar-refractivity contribution in [3.8, 4) is 5.75 Å². The number of nitrogen functional groups attached to an aromatic ring is 1. The summed E-state index contributed by atoms with van der Waals surface area (Å²) < 4.78 is 33.3. The molecule has 0 spiro atoms. The van der Waals surface area contributed by atoms with E-state index >= 15 is 0 Å². The van der Waals surface area contributed by atoms with E-state index in [1.807, 2.05) is 4.90 Å². The summed E-state index contributed by atoms with van der Waals surface area (Å²) in [5.41, 5.74) is 12.8. The zero-order valence-electron chi connectivity index (χ0n) is 22.4. The average molecular weight is 571 g/mol. The van der Waals surface area contributed by atoms with E-state index in [4.69, 9.17) is 27.0 Å². The number of aliphatic carboxylic acids is 1. The maximum absolute atomic E-state index is 13.1. The maximum Gasteiger partial charge on any atom is 0.320 e. The van der Waals surface area contributed by atoms with Gasteiger partial charge in [0.15, 0.2) is 5.75 Å². The summed E-state index contributed by atoms with van der Waals surface area (Å²) in [4.78, 5) is 25.7. The van der Waals surface area contributed by atoms with E-state index in [0.29, 0.717) is 48.5 Å². The fourth-order valence-corrected chi connectivity index (χ4v) is 5.68. The first kappa shape index (κ1) is 30.2. The zero-order chi connectivity index (χ0) is 29.6. The van der Waals surface area contributed by atoms with Crippen LogP contribution in [0.5, 0.6) is 5.75 Å². The van der Waals surface area contributed by atoms with Crippen molar-refractivity contribution in [1.82, 2.24) is 4.90 Å². The molecule has 0 saturated carbocycles. The third-order valence-corrected chi connectivity index (χ3v) is 8.09. The van der Waals surface area contributed by atoms with Crippen molar-refractivity contribution >= 4 is 45.3 Å². The third kappa shape index (κ3) is 7.59. The van der Waals surface area contributed by atoms with Gasteiger partial charge in [0, 0.05) is 31.5 Å². The molecule has 1 aliphatic rings. The van der Waals surface area contributed by atoms with Crippen LogP contribution < -0.4 is 20.5 Å². The number of amidine groups is 2. The van der Waals surface area contributed by atoms with Gasteiger partial charge in [-0.2, -0.15) is 0 Å². The number of aryl methyl sites for hydroxylation is 1. The number of nitrogens with two attached hydrogens (primary N) is 2. The molecule has 1 aliphatic heterocycles. The standard InChI is InChI=1S/C27H34N6O6S/c1-17-13-24(39-21-8-11-32(12-9-21)18(2)28)22(27(31)36)15-23(17)33(40(37,38)16-25(34)35)10-4-6-19-5-3-7-20(14-19)26(29)30/h3-7,13-15,21,28H,8-12,16H2,1-2H3,(H3,29,30)(H2,31,36)(H,34,35). The first-order chi connectivity index (χ1) is 18.8. The van der Waals surface area contributed by atoms with Gasteiger partial charge in [0.05, 0.1) is 23.6 Å². The summed E-state index contributed by atoms with van der Waals surface area (Å²) in [7, 11) is -4.36. The molecule has 3 rings (SSSR count). The summed E-state index contributed by atoms with van der Waals surface area (Å²) in [6.45, 7) is 4.38. The van der Waals surface area contributed by atoms with Gasteiger partial charge in [-0.05, 0) is 43.2 Å². The van der Waals surface area contributed by atoms with Crippen molar-refractivity contribution < 1.29 is 27.9 Å². The molecule has 0 bridgehead atoms. The quantitative estimate of drug-likeness (QED) is 0.199. The minimum atomic E-state index is -4.36. The number of anilines is 1. The number of sulfonamides is 1. The predicted molar refractivity (Wildman–Crippen MR) is 154 cm³/mol. The largest absolute Gasteiger partial charge is 0.489 e. The van der Waals surface area contributed by atoms with Gasteiger partial charge in [-0.15, -0.1) is 0 Å². The van der Waals surface area contributed by atoms with Crippen LogP contribution in [0, 0.1) is 17.7 Å². The zero-order valence-corrected chi connectivity index (χ0v) is 23.2. The van der Waals surface area contributed by atoms with Crippen LogP contribution >= 0.6 is 0 Å². The van der Waals surface area contributed by atoms with Gasteiger partial charge >= 0.3 is 5.97 Å². The van der Waals surface area contributed by atoms with Crippen molar-refractivity contribution in [2.24, 2.45) is 11.5 Å². The summed E-state index contributed by atoms with van der Waals surface area (Å²) in [6, 6.07) is 9.62. The molecule has 2 aromatic rings. The van der Waals surface area contributed by atoms with Gasteiger partial charge in [0.1, 0.15) is 17.7 Å². The van der Waals surface area contributed by atoms with Crippen LogP contribution in [0.2, 0.25) is 0 Å². The fraction of sp³-hybridized carbons (Fsp3) is 0.333. The lowest BCUT2D eigenvalue weighted by molar-refractivity contribution is -0.134. The van der Waals surface area contributed by atoms with Gasteiger partial charge in [-0.1, -0.05) is 30.4 Å². The van der Waals surface area contributed by atoms with Gasteiger partial charge in [-0.3, -0.25) is 24.7 Å². The normalized spacial score (nSPS) is 14.2. The average Bonchev–Trinajstić information content (AvgIpc) is 2.86. The Balaban J connectivity index is 1.95. The molecule has 0 aliphatic carbocycles. The number of rotatable bonds is 11. The van der Waals surface area contributed by atoms with E-state index < -0.39 is 27.7 Å². The first-order valence-corrected chi connectivity index (χ1v) is 14.1. The van der Waals surface area contributed by atoms with Gasteiger partial charge in [0.2, 0.25) is 10.0 Å². The van der Waals surface area contributed by atoms with Crippen molar-refractivity contribution in [2.45, 2.75) is 32.8 Å². The number of carbonyl (C=O) groups is 2. The number of carboxylic acids is 1. The summed E-state index contributed by atoms with van der Waals surface area (Å²) >= 11 is 0. The molecule has 12 nitrogen and oxygen atoms in total. The Morgan fingerprint density at radius 1 is 1.18 bits per heavy atom. The molecule has 40 heavy (non-hydrogen) atoms. The number of carboxylic acid groups (broad SMARTS) is 1. The van der Waals surface area contributed by atoms with Crippen LogP contribution in [0.1, 0.15) is 46.8 Å². The summed E-state index contributed by atoms with van der Waals surface area (Å²) in [5.74, 6) is -2.94. The maximum atomic E-state index is 13.1. The molecule has 214 valence electrons. The van der Waals surface area contributed by atoms with E-state index in [-0.39, 0.29) is 35.5 Å². The summed E-state index contributed by atoms with van der Waals surface area (Å²) in [5, 5.41) is 24.6. The first-order valence-electron chi connectivity index (χ1n) is 12.5. The van der Waals surface area contributed by atoms with Crippen LogP contribution in [0.3, 0.4) is 0 Å². The minimum absolute atomic E-state index is 0.0278. The molecule has 0 radical (unpaired) electrons. The second-order valence-electron chi connectivity index (χ2n) is 9.51. The van der Waals surface area contributed by atoms with Crippen molar-refractivity contribution in [3.05, 3.63) is 64.7 Å². The van der Waals surface area contributed by atoms with Gasteiger partial charge in [-0.25, -0.2) is 8.42 Å². The van der Waals surface area contributed by atoms with E-state index in [2.05, 4.69) is 0 Å². The molecule has 2 aromatic carbocycles. The number of carbonyl (C=O) groups excluding carboxylic acids is 1. The van der Waals surface area contributed by atoms with Crippen LogP contribution in [-0.2, 0) is 14.8 Å². The second kappa shape index (κ2) is 12.6. The Morgan fingerprint density at radius 2 is 1.85 bits per heavy atom. The van der Waals surface area contributed by atoms with E-state index in [1.54, 1.807) is 44.2 Å². The number of primary amides is 1. The monoisotopic (exact) mass is 570 g/mol. The lowest BCUT2D eigenvalue weighted by Gasteiger charge is -2.33. The molecule has 0 unspecified atom stereocenters. The lowest BCUT2D eigenvalue weighted by Crippen LogP contribution is -2.40. The second-order valence-corrected chi connectivity index (χ2v) is 11.4. The highest BCUT2D eigenvalue weighted by Crippen LogP contribution is 2.33. The number of nitrogens with zero attached hydrogens (tertiary/aromatic N) is 2. The van der Waals surface area contributed by atoms with Gasteiger partial charge < -0.3 is 26.2 Å². The molecule has 1 amide bonds. The summed E-state index contributed by atoms with van der Waals surface area (Å²) in [6.07, 6.45) is 4.19. The number of ether oxygens (including phenoxy) is 1. The lowest BCUT2D eigenvalue weighted by atomic mass is 10.1. The number of benzene rings is 2. The van der Waals surface area contributed by atoms with Crippen molar-refractivity contribution in [1.29, 1.82) is 10.8 Å². The SMILES string of the molecule is CC(=N)N1CCC(Oc2cc(C)c(N(CC=Cc3cccc(C(=N)N)c3)S(=O)(=O)CC(=O)O)cc2C(N)=O)CC1. The van der Waals surface area contributed by atoms with Crippen LogP contribution in [0.15, 0.2) is 42.5 Å². The fourth-order valence-electron chi connectivity index (χ4n) is 4.41. The third-order valence-electron chi connectivity index (χ3n) is 6.46. The molecule has 1 fully saturated rings. The Morgan fingerprint density at radius 3 is 2.42 bits per heavy atom. The molecular formula is C27H34N6O6S. The smallest absolute Gasteiger partial charge is 0.320 e. The van der Waals surface area contributed by atoms with E-state index in [9.17, 15) is 23.1 Å². The van der Waals surface area contributed by atoms with Crippen LogP contribution in [0.4, 0.5) is 5.69 Å².